The lowest BCUT2D eigenvalue weighted by Crippen LogP contribution is -2.37. The van der Waals surface area contributed by atoms with Crippen LogP contribution in [-0.4, -0.2) is 35.0 Å². The van der Waals surface area contributed by atoms with Crippen molar-refractivity contribution in [2.24, 2.45) is 5.73 Å². The normalized spacial score (nSPS) is 22.8. The Kier molecular flexibility index (Phi) is 3.81. The van der Waals surface area contributed by atoms with Gasteiger partial charge in [-0.2, -0.15) is 0 Å². The predicted octanol–water partition coefficient (Wildman–Crippen LogP) is 0.653. The van der Waals surface area contributed by atoms with Crippen LogP contribution in [0.3, 0.4) is 0 Å². The van der Waals surface area contributed by atoms with E-state index in [0.717, 1.165) is 19.4 Å². The van der Waals surface area contributed by atoms with Crippen LogP contribution in [0, 0.1) is 0 Å². The molecule has 0 bridgehead atoms. The summed E-state index contributed by atoms with van der Waals surface area (Å²) in [5.41, 5.74) is 5.20. The topological polar surface area (TPSA) is 79.7 Å². The summed E-state index contributed by atoms with van der Waals surface area (Å²) in [6, 6.07) is 3.73. The van der Waals surface area contributed by atoms with Crippen LogP contribution in [-0.2, 0) is 4.79 Å². The van der Waals surface area contributed by atoms with Crippen molar-refractivity contribution in [3.05, 3.63) is 24.2 Å². The minimum absolute atomic E-state index is 0.211. The quantitative estimate of drug-likeness (QED) is 0.789. The minimum Gasteiger partial charge on any atom is -0.467 e. The molecule has 1 aromatic heterocycles. The molecule has 1 saturated heterocycles. The molecule has 0 saturated carbocycles. The van der Waals surface area contributed by atoms with Gasteiger partial charge in [0.15, 0.2) is 0 Å². The Morgan fingerprint density at radius 2 is 2.53 bits per heavy atom. The van der Waals surface area contributed by atoms with Crippen molar-refractivity contribution >= 4 is 5.91 Å². The average molecular weight is 238 g/mol. The Bertz CT molecular complexity index is 364. The number of hydrogen-bond donors (Lipinski definition) is 2. The molecule has 2 rings (SSSR count). The van der Waals surface area contributed by atoms with E-state index >= 15 is 0 Å². The maximum atomic E-state index is 10.9. The van der Waals surface area contributed by atoms with Crippen LogP contribution in [0.15, 0.2) is 22.8 Å². The highest BCUT2D eigenvalue weighted by Gasteiger charge is 2.28. The Hall–Kier alpha value is -1.33. The largest absolute Gasteiger partial charge is 0.467 e. The third-order valence-electron chi connectivity index (χ3n) is 3.22. The number of carbonyl (C=O) groups is 1. The highest BCUT2D eigenvalue weighted by Crippen LogP contribution is 2.27. The molecule has 0 radical (unpaired) electrons. The summed E-state index contributed by atoms with van der Waals surface area (Å²) in [6.45, 7) is 1.15. The fourth-order valence-electron chi connectivity index (χ4n) is 2.43. The van der Waals surface area contributed by atoms with Gasteiger partial charge in [0, 0.05) is 6.04 Å². The first kappa shape index (κ1) is 12.1. The van der Waals surface area contributed by atoms with E-state index in [4.69, 9.17) is 10.2 Å². The van der Waals surface area contributed by atoms with Gasteiger partial charge >= 0.3 is 0 Å². The number of aliphatic hydroxyl groups excluding tert-OH is 1. The standard InChI is InChI=1S/C12H18N2O3/c13-12(16)8-14-5-1-3-9(14)7-10(15)11-4-2-6-17-11/h2,4,6,9-10,15H,1,3,5,7-8H2,(H2,13,16). The van der Waals surface area contributed by atoms with Gasteiger partial charge in [-0.15, -0.1) is 0 Å². The number of furan rings is 1. The van der Waals surface area contributed by atoms with Crippen LogP contribution in [0.25, 0.3) is 0 Å². The number of hydrogen-bond acceptors (Lipinski definition) is 4. The maximum Gasteiger partial charge on any atom is 0.231 e. The van der Waals surface area contributed by atoms with Gasteiger partial charge in [-0.3, -0.25) is 9.69 Å². The zero-order valence-corrected chi connectivity index (χ0v) is 9.71. The zero-order chi connectivity index (χ0) is 12.3. The van der Waals surface area contributed by atoms with Gasteiger partial charge in [-0.25, -0.2) is 0 Å². The molecule has 1 fully saturated rings. The summed E-state index contributed by atoms with van der Waals surface area (Å²) in [6.07, 6.45) is 3.56. The molecule has 1 aliphatic heterocycles. The molecular weight excluding hydrogens is 220 g/mol. The molecule has 5 heteroatoms. The fraction of sp³-hybridized carbons (Fsp3) is 0.583. The Morgan fingerprint density at radius 3 is 3.18 bits per heavy atom. The molecule has 1 aromatic rings. The first-order valence-electron chi connectivity index (χ1n) is 5.90. The number of nitrogens with two attached hydrogens (primary N) is 1. The summed E-state index contributed by atoms with van der Waals surface area (Å²) in [4.78, 5) is 13.0. The predicted molar refractivity (Wildman–Crippen MR) is 62.1 cm³/mol. The summed E-state index contributed by atoms with van der Waals surface area (Å²) in [7, 11) is 0. The zero-order valence-electron chi connectivity index (χ0n) is 9.71. The third-order valence-corrected chi connectivity index (χ3v) is 3.22. The Balaban J connectivity index is 1.91. The Labute approximate surface area is 100 Å². The number of carbonyl (C=O) groups excluding carboxylic acids is 1. The molecule has 5 nitrogen and oxygen atoms in total. The van der Waals surface area contributed by atoms with Crippen molar-refractivity contribution in [1.82, 2.24) is 4.90 Å². The van der Waals surface area contributed by atoms with Gasteiger partial charge in [-0.05, 0) is 37.9 Å². The highest BCUT2D eigenvalue weighted by atomic mass is 16.4. The molecule has 17 heavy (non-hydrogen) atoms. The van der Waals surface area contributed by atoms with Crippen LogP contribution in [0.1, 0.15) is 31.1 Å². The van der Waals surface area contributed by atoms with Crippen molar-refractivity contribution in [2.75, 3.05) is 13.1 Å². The smallest absolute Gasteiger partial charge is 0.231 e. The molecule has 2 unspecified atom stereocenters. The SMILES string of the molecule is NC(=O)CN1CCCC1CC(O)c1ccco1. The highest BCUT2D eigenvalue weighted by molar-refractivity contribution is 5.76. The number of rotatable bonds is 5. The minimum atomic E-state index is -0.608. The van der Waals surface area contributed by atoms with E-state index in [0.29, 0.717) is 12.2 Å². The lowest BCUT2D eigenvalue weighted by molar-refractivity contribution is -0.119. The molecule has 94 valence electrons. The molecular formula is C12H18N2O3. The molecule has 3 N–H and O–H groups in total. The van der Waals surface area contributed by atoms with Crippen molar-refractivity contribution in [3.63, 3.8) is 0 Å². The second-order valence-electron chi connectivity index (χ2n) is 4.50. The van der Waals surface area contributed by atoms with E-state index in [1.807, 2.05) is 4.90 Å². The second kappa shape index (κ2) is 5.33. The monoisotopic (exact) mass is 238 g/mol. The summed E-state index contributed by atoms with van der Waals surface area (Å²) in [5.74, 6) is 0.264. The number of primary amides is 1. The summed E-state index contributed by atoms with van der Waals surface area (Å²) < 4.78 is 5.16. The molecule has 0 aromatic carbocycles. The lowest BCUT2D eigenvalue weighted by Gasteiger charge is -2.24. The van der Waals surface area contributed by atoms with Crippen molar-refractivity contribution in [3.8, 4) is 0 Å². The molecule has 2 heterocycles. The van der Waals surface area contributed by atoms with E-state index in [1.54, 1.807) is 18.4 Å². The number of nitrogens with zero attached hydrogens (tertiary/aromatic N) is 1. The fourth-order valence-corrected chi connectivity index (χ4v) is 2.43. The summed E-state index contributed by atoms with van der Waals surface area (Å²) >= 11 is 0. The number of amides is 1. The van der Waals surface area contributed by atoms with Crippen LogP contribution in [0.2, 0.25) is 0 Å². The van der Waals surface area contributed by atoms with E-state index in [-0.39, 0.29) is 18.5 Å². The Morgan fingerprint density at radius 1 is 1.71 bits per heavy atom. The van der Waals surface area contributed by atoms with Gasteiger partial charge in [0.05, 0.1) is 12.8 Å². The van der Waals surface area contributed by atoms with Crippen LogP contribution in [0.4, 0.5) is 0 Å². The van der Waals surface area contributed by atoms with E-state index < -0.39 is 6.10 Å². The van der Waals surface area contributed by atoms with Gasteiger partial charge in [0.1, 0.15) is 11.9 Å². The molecule has 0 aliphatic carbocycles. The maximum absolute atomic E-state index is 10.9. The van der Waals surface area contributed by atoms with Crippen molar-refractivity contribution < 1.29 is 14.3 Å². The molecule has 2 atom stereocenters. The first-order chi connectivity index (χ1) is 8.16. The van der Waals surface area contributed by atoms with Crippen molar-refractivity contribution in [1.29, 1.82) is 0 Å². The van der Waals surface area contributed by atoms with E-state index in [1.165, 1.54) is 0 Å². The van der Waals surface area contributed by atoms with Gasteiger partial charge in [0.2, 0.25) is 5.91 Å². The average Bonchev–Trinajstić information content (AvgIpc) is 2.89. The van der Waals surface area contributed by atoms with Gasteiger partial charge in [-0.1, -0.05) is 0 Å². The van der Waals surface area contributed by atoms with Gasteiger partial charge in [0.25, 0.3) is 0 Å². The van der Waals surface area contributed by atoms with Crippen molar-refractivity contribution in [2.45, 2.75) is 31.4 Å². The number of aliphatic hydroxyl groups is 1. The third kappa shape index (κ3) is 3.08. The van der Waals surface area contributed by atoms with Gasteiger partial charge < -0.3 is 15.3 Å². The lowest BCUT2D eigenvalue weighted by atomic mass is 10.1. The second-order valence-corrected chi connectivity index (χ2v) is 4.50. The van der Waals surface area contributed by atoms with Crippen LogP contribution in [0.5, 0.6) is 0 Å². The first-order valence-corrected chi connectivity index (χ1v) is 5.90. The summed E-state index contributed by atoms with van der Waals surface area (Å²) in [5, 5.41) is 9.99. The molecule has 0 spiro atoms. The number of likely N-dealkylation sites (tertiary alicyclic amines) is 1. The van der Waals surface area contributed by atoms with Crippen LogP contribution >= 0.6 is 0 Å². The van der Waals surface area contributed by atoms with E-state index in [9.17, 15) is 9.90 Å². The van der Waals surface area contributed by atoms with Crippen LogP contribution < -0.4 is 5.73 Å². The molecule has 1 amide bonds. The van der Waals surface area contributed by atoms with E-state index in [2.05, 4.69) is 0 Å². The molecule has 1 aliphatic rings.